The van der Waals surface area contributed by atoms with Gasteiger partial charge in [0.15, 0.2) is 5.01 Å². The number of hydrogen-bond acceptors (Lipinski definition) is 3. The van der Waals surface area contributed by atoms with Gasteiger partial charge in [0.25, 0.3) is 0 Å². The Morgan fingerprint density at radius 1 is 1.26 bits per heavy atom. The number of thiazole rings is 1. The first-order valence-electron chi connectivity index (χ1n) is 5.37. The summed E-state index contributed by atoms with van der Waals surface area (Å²) in [6, 6.07) is 7.37. The quantitative estimate of drug-likeness (QED) is 0.789. The highest BCUT2D eigenvalue weighted by atomic mass is 127. The SMILES string of the molecule is CNC(c1ccc(I)cc1)c1cnc(C(F)(F)F)s1. The smallest absolute Gasteiger partial charge is 0.309 e. The Kier molecular flexibility index (Phi) is 4.46. The zero-order valence-corrected chi connectivity index (χ0v) is 12.8. The second-order valence-electron chi connectivity index (χ2n) is 3.84. The summed E-state index contributed by atoms with van der Waals surface area (Å²) >= 11 is 2.85. The molecule has 0 aliphatic heterocycles. The predicted molar refractivity (Wildman–Crippen MR) is 77.2 cm³/mol. The summed E-state index contributed by atoms with van der Waals surface area (Å²) < 4.78 is 38.7. The molecular weight excluding hydrogens is 388 g/mol. The highest BCUT2D eigenvalue weighted by molar-refractivity contribution is 14.1. The maximum absolute atomic E-state index is 12.6. The predicted octanol–water partition coefficient (Wildman–Crippen LogP) is 4.08. The molecule has 2 nitrogen and oxygen atoms in total. The average Bonchev–Trinajstić information content (AvgIpc) is 2.82. The Morgan fingerprint density at radius 2 is 1.89 bits per heavy atom. The fourth-order valence-corrected chi connectivity index (χ4v) is 2.96. The molecule has 1 N–H and O–H groups in total. The van der Waals surface area contributed by atoms with E-state index in [9.17, 15) is 13.2 Å². The van der Waals surface area contributed by atoms with Gasteiger partial charge >= 0.3 is 6.18 Å². The first-order valence-corrected chi connectivity index (χ1v) is 7.27. The van der Waals surface area contributed by atoms with Gasteiger partial charge in [0.05, 0.1) is 6.04 Å². The summed E-state index contributed by atoms with van der Waals surface area (Å²) in [6.07, 6.45) is -3.10. The molecule has 0 fully saturated rings. The van der Waals surface area contributed by atoms with Gasteiger partial charge in [0, 0.05) is 14.6 Å². The first kappa shape index (κ1) is 14.7. The first-order chi connectivity index (χ1) is 8.91. The van der Waals surface area contributed by atoms with Gasteiger partial charge in [-0.2, -0.15) is 13.2 Å². The van der Waals surface area contributed by atoms with E-state index in [1.165, 1.54) is 6.20 Å². The number of aromatic nitrogens is 1. The van der Waals surface area contributed by atoms with E-state index in [-0.39, 0.29) is 6.04 Å². The molecule has 1 atom stereocenters. The molecule has 0 aliphatic carbocycles. The molecule has 0 saturated carbocycles. The standard InChI is InChI=1S/C12H10F3IN2S/c1-17-10(7-2-4-8(16)5-3-7)9-6-18-11(19-9)12(13,14)15/h2-6,10,17H,1H3. The van der Waals surface area contributed by atoms with Crippen molar-refractivity contribution in [2.24, 2.45) is 0 Å². The maximum atomic E-state index is 12.6. The van der Waals surface area contributed by atoms with Crippen molar-refractivity contribution in [3.63, 3.8) is 0 Å². The van der Waals surface area contributed by atoms with E-state index in [2.05, 4.69) is 32.9 Å². The second kappa shape index (κ2) is 5.76. The van der Waals surface area contributed by atoms with Crippen LogP contribution in [-0.4, -0.2) is 12.0 Å². The normalized spacial score (nSPS) is 13.5. The minimum Gasteiger partial charge on any atom is -0.309 e. The van der Waals surface area contributed by atoms with Gasteiger partial charge in [0.1, 0.15) is 0 Å². The van der Waals surface area contributed by atoms with Crippen LogP contribution in [0.4, 0.5) is 13.2 Å². The van der Waals surface area contributed by atoms with Gasteiger partial charge in [0.2, 0.25) is 0 Å². The molecule has 0 radical (unpaired) electrons. The third-order valence-corrected chi connectivity index (χ3v) is 4.37. The van der Waals surface area contributed by atoms with Crippen molar-refractivity contribution in [1.82, 2.24) is 10.3 Å². The number of rotatable bonds is 3. The van der Waals surface area contributed by atoms with Crippen molar-refractivity contribution < 1.29 is 13.2 Å². The third-order valence-electron chi connectivity index (χ3n) is 2.54. The maximum Gasteiger partial charge on any atom is 0.443 e. The number of hydrogen-bond donors (Lipinski definition) is 1. The van der Waals surface area contributed by atoms with Gasteiger partial charge < -0.3 is 5.32 Å². The van der Waals surface area contributed by atoms with Crippen molar-refractivity contribution >= 4 is 33.9 Å². The molecule has 102 valence electrons. The van der Waals surface area contributed by atoms with E-state index in [1.54, 1.807) is 7.05 Å². The summed E-state index contributed by atoms with van der Waals surface area (Å²) in [6.45, 7) is 0. The number of alkyl halides is 3. The van der Waals surface area contributed by atoms with Crippen LogP contribution in [0.5, 0.6) is 0 Å². The molecule has 19 heavy (non-hydrogen) atoms. The summed E-state index contributed by atoms with van der Waals surface area (Å²) in [7, 11) is 1.72. The third kappa shape index (κ3) is 3.46. The molecule has 2 rings (SSSR count). The molecule has 0 spiro atoms. The van der Waals surface area contributed by atoms with Crippen molar-refractivity contribution in [3.8, 4) is 0 Å². The Bertz CT molecular complexity index is 551. The minimum atomic E-state index is -4.38. The van der Waals surface area contributed by atoms with Crippen LogP contribution in [0, 0.1) is 3.57 Å². The number of benzene rings is 1. The fourth-order valence-electron chi connectivity index (χ4n) is 1.68. The highest BCUT2D eigenvalue weighted by Crippen LogP contribution is 2.35. The van der Waals surface area contributed by atoms with Crippen LogP contribution in [0.1, 0.15) is 21.5 Å². The van der Waals surface area contributed by atoms with Crippen molar-refractivity contribution in [2.45, 2.75) is 12.2 Å². The number of nitrogens with zero attached hydrogens (tertiary/aromatic N) is 1. The van der Waals surface area contributed by atoms with Crippen LogP contribution in [0.3, 0.4) is 0 Å². The topological polar surface area (TPSA) is 24.9 Å². The van der Waals surface area contributed by atoms with Gasteiger partial charge in [-0.15, -0.1) is 11.3 Å². The Balaban J connectivity index is 2.32. The van der Waals surface area contributed by atoms with E-state index in [1.807, 2.05) is 24.3 Å². The summed E-state index contributed by atoms with van der Waals surface area (Å²) in [5.41, 5.74) is 0.917. The van der Waals surface area contributed by atoms with E-state index in [0.717, 1.165) is 9.13 Å². The van der Waals surface area contributed by atoms with E-state index in [0.29, 0.717) is 16.2 Å². The Labute approximate surface area is 126 Å². The number of nitrogens with one attached hydrogen (secondary N) is 1. The molecule has 2 aromatic rings. The summed E-state index contributed by atoms with van der Waals surface area (Å²) in [5.74, 6) is 0. The largest absolute Gasteiger partial charge is 0.443 e. The van der Waals surface area contributed by atoms with E-state index < -0.39 is 11.2 Å². The minimum absolute atomic E-state index is 0.273. The van der Waals surface area contributed by atoms with Crippen molar-refractivity contribution in [3.05, 3.63) is 49.5 Å². The lowest BCUT2D eigenvalue weighted by atomic mass is 10.1. The van der Waals surface area contributed by atoms with Crippen LogP contribution in [0.25, 0.3) is 0 Å². The lowest BCUT2D eigenvalue weighted by Crippen LogP contribution is -2.16. The lowest BCUT2D eigenvalue weighted by Gasteiger charge is -2.14. The van der Waals surface area contributed by atoms with E-state index in [4.69, 9.17) is 0 Å². The molecule has 0 amide bonds. The van der Waals surface area contributed by atoms with Crippen LogP contribution in [-0.2, 0) is 6.18 Å². The van der Waals surface area contributed by atoms with Gasteiger partial charge in [-0.1, -0.05) is 12.1 Å². The average molecular weight is 398 g/mol. The van der Waals surface area contributed by atoms with E-state index >= 15 is 0 Å². The lowest BCUT2D eigenvalue weighted by molar-refractivity contribution is -0.137. The molecule has 1 heterocycles. The van der Waals surface area contributed by atoms with Gasteiger partial charge in [-0.3, -0.25) is 0 Å². The molecule has 0 bridgehead atoms. The van der Waals surface area contributed by atoms with Gasteiger partial charge in [-0.25, -0.2) is 4.98 Å². The molecular formula is C12H10F3IN2S. The second-order valence-corrected chi connectivity index (χ2v) is 6.15. The Hall–Kier alpha value is -0.670. The number of halogens is 4. The monoisotopic (exact) mass is 398 g/mol. The van der Waals surface area contributed by atoms with Crippen LogP contribution >= 0.6 is 33.9 Å². The van der Waals surface area contributed by atoms with Crippen LogP contribution in [0.2, 0.25) is 0 Å². The van der Waals surface area contributed by atoms with Crippen molar-refractivity contribution in [2.75, 3.05) is 7.05 Å². The highest BCUT2D eigenvalue weighted by Gasteiger charge is 2.35. The molecule has 1 aromatic carbocycles. The molecule has 1 aromatic heterocycles. The Morgan fingerprint density at radius 3 is 2.37 bits per heavy atom. The van der Waals surface area contributed by atoms with Crippen LogP contribution in [0.15, 0.2) is 30.5 Å². The van der Waals surface area contributed by atoms with Crippen LogP contribution < -0.4 is 5.32 Å². The molecule has 0 saturated heterocycles. The van der Waals surface area contributed by atoms with Crippen molar-refractivity contribution in [1.29, 1.82) is 0 Å². The molecule has 0 aliphatic rings. The zero-order valence-electron chi connectivity index (χ0n) is 9.83. The zero-order chi connectivity index (χ0) is 14.0. The molecule has 1 unspecified atom stereocenters. The summed E-state index contributed by atoms with van der Waals surface area (Å²) in [4.78, 5) is 4.00. The molecule has 7 heteroatoms. The fraction of sp³-hybridized carbons (Fsp3) is 0.250. The summed E-state index contributed by atoms with van der Waals surface area (Å²) in [5, 5.41) is 2.21. The van der Waals surface area contributed by atoms with Gasteiger partial charge in [-0.05, 0) is 47.3 Å².